The molecular weight excluding hydrogens is 320 g/mol. The Balaban J connectivity index is 1.39. The molecule has 0 saturated heterocycles. The Kier molecular flexibility index (Phi) is 4.20. The Bertz CT molecular complexity index is 910. The van der Waals surface area contributed by atoms with Crippen LogP contribution in [0.25, 0.3) is 21.3 Å². The molecule has 0 amide bonds. The molecule has 4 rings (SSSR count). The van der Waals surface area contributed by atoms with Crippen LogP contribution in [-0.2, 0) is 13.1 Å². The highest BCUT2D eigenvalue weighted by Crippen LogP contribution is 2.25. The Morgan fingerprint density at radius 2 is 1.83 bits per heavy atom. The van der Waals surface area contributed by atoms with Crippen molar-refractivity contribution in [1.29, 1.82) is 0 Å². The first-order valence-electron chi connectivity index (χ1n) is 7.54. The predicted molar refractivity (Wildman–Crippen MR) is 99.9 cm³/mol. The summed E-state index contributed by atoms with van der Waals surface area (Å²) in [7, 11) is 0. The summed E-state index contributed by atoms with van der Waals surface area (Å²) >= 11 is 3.42. The van der Waals surface area contributed by atoms with E-state index in [9.17, 15) is 0 Å². The highest BCUT2D eigenvalue weighted by molar-refractivity contribution is 7.14. The molecule has 0 bridgehead atoms. The molecule has 0 atom stereocenters. The topological polar surface area (TPSA) is 24.9 Å². The van der Waals surface area contributed by atoms with E-state index in [0.29, 0.717) is 0 Å². The number of hydrogen-bond acceptors (Lipinski definition) is 4. The number of fused-ring (bicyclic) bond motifs is 1. The van der Waals surface area contributed by atoms with Crippen LogP contribution >= 0.6 is 22.7 Å². The second-order valence-corrected chi connectivity index (χ2v) is 7.08. The van der Waals surface area contributed by atoms with Crippen molar-refractivity contribution >= 4 is 33.4 Å². The van der Waals surface area contributed by atoms with Crippen molar-refractivity contribution in [3.8, 4) is 10.6 Å². The van der Waals surface area contributed by atoms with Crippen molar-refractivity contribution in [3.05, 3.63) is 75.9 Å². The lowest BCUT2D eigenvalue weighted by Crippen LogP contribution is -2.12. The monoisotopic (exact) mass is 336 g/mol. The minimum Gasteiger partial charge on any atom is -0.307 e. The van der Waals surface area contributed by atoms with Crippen molar-refractivity contribution in [3.63, 3.8) is 0 Å². The quantitative estimate of drug-likeness (QED) is 0.534. The minimum absolute atomic E-state index is 0.799. The minimum atomic E-state index is 0.799. The first kappa shape index (κ1) is 14.6. The summed E-state index contributed by atoms with van der Waals surface area (Å²) in [6.45, 7) is 1.66. The third kappa shape index (κ3) is 3.34. The molecule has 0 saturated carbocycles. The molecule has 0 aliphatic carbocycles. The van der Waals surface area contributed by atoms with Crippen LogP contribution in [0, 0.1) is 0 Å². The van der Waals surface area contributed by atoms with Gasteiger partial charge in [0.15, 0.2) is 0 Å². The summed E-state index contributed by atoms with van der Waals surface area (Å²) in [6, 6.07) is 17.2. The lowest BCUT2D eigenvalue weighted by atomic mass is 10.1. The van der Waals surface area contributed by atoms with Crippen molar-refractivity contribution in [2.75, 3.05) is 0 Å². The highest BCUT2D eigenvalue weighted by Gasteiger charge is 2.05. The van der Waals surface area contributed by atoms with Crippen LogP contribution in [0.5, 0.6) is 0 Å². The van der Waals surface area contributed by atoms with Crippen molar-refractivity contribution in [1.82, 2.24) is 10.3 Å². The van der Waals surface area contributed by atoms with E-state index in [2.05, 4.69) is 70.0 Å². The van der Waals surface area contributed by atoms with Crippen molar-refractivity contribution < 1.29 is 0 Å². The molecule has 0 aliphatic rings. The summed E-state index contributed by atoms with van der Waals surface area (Å²) in [5.41, 5.74) is 3.63. The third-order valence-corrected chi connectivity index (χ3v) is 5.39. The first-order chi connectivity index (χ1) is 11.4. The Morgan fingerprint density at radius 1 is 0.913 bits per heavy atom. The van der Waals surface area contributed by atoms with Crippen molar-refractivity contribution in [2.45, 2.75) is 13.1 Å². The molecule has 4 aromatic rings. The van der Waals surface area contributed by atoms with Gasteiger partial charge >= 0.3 is 0 Å². The number of thiazole rings is 1. The molecule has 0 spiro atoms. The molecule has 114 valence electrons. The summed E-state index contributed by atoms with van der Waals surface area (Å²) in [4.78, 5) is 4.70. The molecule has 23 heavy (non-hydrogen) atoms. The first-order valence-corrected chi connectivity index (χ1v) is 9.36. The average Bonchev–Trinajstić information content (AvgIpc) is 3.26. The molecule has 1 N–H and O–H groups in total. The fraction of sp³-hybridized carbons (Fsp3) is 0.105. The van der Waals surface area contributed by atoms with Gasteiger partial charge in [-0.05, 0) is 33.8 Å². The van der Waals surface area contributed by atoms with Gasteiger partial charge in [-0.15, -0.1) is 11.3 Å². The maximum atomic E-state index is 4.70. The maximum Gasteiger partial charge on any atom is 0.124 e. The van der Waals surface area contributed by atoms with Crippen LogP contribution in [-0.4, -0.2) is 4.98 Å². The molecule has 2 aromatic heterocycles. The predicted octanol–water partition coefficient (Wildman–Crippen LogP) is 5.31. The van der Waals surface area contributed by atoms with Crippen LogP contribution in [0.3, 0.4) is 0 Å². The summed E-state index contributed by atoms with van der Waals surface area (Å²) in [5.74, 6) is 0. The smallest absolute Gasteiger partial charge is 0.124 e. The van der Waals surface area contributed by atoms with E-state index < -0.39 is 0 Å². The van der Waals surface area contributed by atoms with E-state index in [4.69, 9.17) is 4.98 Å². The van der Waals surface area contributed by atoms with Gasteiger partial charge in [0.25, 0.3) is 0 Å². The van der Waals surface area contributed by atoms with E-state index in [-0.39, 0.29) is 0 Å². The summed E-state index contributed by atoms with van der Waals surface area (Å²) < 4.78 is 0. The lowest BCUT2D eigenvalue weighted by Gasteiger charge is -2.05. The number of nitrogens with zero attached hydrogens (tertiary/aromatic N) is 1. The third-order valence-electron chi connectivity index (χ3n) is 3.77. The number of thiophene rings is 1. The summed E-state index contributed by atoms with van der Waals surface area (Å²) in [6.07, 6.45) is 0. The average molecular weight is 336 g/mol. The van der Waals surface area contributed by atoms with Gasteiger partial charge in [-0.1, -0.05) is 36.4 Å². The number of nitrogens with one attached hydrogen (secondary N) is 1. The second-order valence-electron chi connectivity index (χ2n) is 5.44. The van der Waals surface area contributed by atoms with Gasteiger partial charge in [0, 0.05) is 29.4 Å². The van der Waals surface area contributed by atoms with Gasteiger partial charge in [-0.3, -0.25) is 0 Å². The molecule has 0 radical (unpaired) electrons. The molecular formula is C19H16N2S2. The number of hydrogen-bond donors (Lipinski definition) is 1. The zero-order valence-corrected chi connectivity index (χ0v) is 14.2. The SMILES string of the molecule is c1ccc2cc(CNCc3csc(-c4ccsc4)n3)ccc2c1. The number of aromatic nitrogens is 1. The van der Waals surface area contributed by atoms with Crippen LogP contribution < -0.4 is 5.32 Å². The maximum absolute atomic E-state index is 4.70. The standard InChI is InChI=1S/C19H16N2S2/c1-2-4-16-9-14(5-6-15(16)3-1)10-20-11-18-13-23-19(21-18)17-7-8-22-12-17/h1-9,12-13,20H,10-11H2. The fourth-order valence-corrected chi connectivity index (χ4v) is 4.12. The van der Waals surface area contributed by atoms with E-state index >= 15 is 0 Å². The normalized spacial score (nSPS) is 11.1. The number of benzene rings is 2. The molecule has 2 aromatic carbocycles. The van der Waals surface area contributed by atoms with Gasteiger partial charge in [0.1, 0.15) is 5.01 Å². The van der Waals surface area contributed by atoms with E-state index in [0.717, 1.165) is 23.8 Å². The van der Waals surface area contributed by atoms with E-state index in [1.165, 1.54) is 21.9 Å². The second kappa shape index (κ2) is 6.62. The molecule has 2 nitrogen and oxygen atoms in total. The van der Waals surface area contributed by atoms with Gasteiger partial charge in [-0.25, -0.2) is 4.98 Å². The van der Waals surface area contributed by atoms with Gasteiger partial charge in [0.05, 0.1) is 5.69 Å². The van der Waals surface area contributed by atoms with Gasteiger partial charge in [-0.2, -0.15) is 11.3 Å². The Morgan fingerprint density at radius 3 is 2.70 bits per heavy atom. The Hall–Kier alpha value is -2.01. The Labute approximate surface area is 143 Å². The zero-order valence-electron chi connectivity index (χ0n) is 12.5. The summed E-state index contributed by atoms with van der Waals surface area (Å²) in [5, 5.41) is 13.5. The zero-order chi connectivity index (χ0) is 15.5. The molecule has 2 heterocycles. The van der Waals surface area contributed by atoms with Gasteiger partial charge < -0.3 is 5.32 Å². The van der Waals surface area contributed by atoms with Gasteiger partial charge in [0.2, 0.25) is 0 Å². The van der Waals surface area contributed by atoms with E-state index in [1.807, 2.05) is 0 Å². The van der Waals surface area contributed by atoms with Crippen LogP contribution in [0.2, 0.25) is 0 Å². The van der Waals surface area contributed by atoms with Crippen LogP contribution in [0.15, 0.2) is 64.7 Å². The molecule has 4 heteroatoms. The molecule has 0 unspecified atom stereocenters. The lowest BCUT2D eigenvalue weighted by molar-refractivity contribution is 0.683. The molecule has 0 fully saturated rings. The van der Waals surface area contributed by atoms with E-state index in [1.54, 1.807) is 22.7 Å². The highest BCUT2D eigenvalue weighted by atomic mass is 32.1. The number of rotatable bonds is 5. The molecule has 0 aliphatic heterocycles. The van der Waals surface area contributed by atoms with Crippen LogP contribution in [0.1, 0.15) is 11.3 Å². The van der Waals surface area contributed by atoms with Crippen LogP contribution in [0.4, 0.5) is 0 Å². The fourth-order valence-electron chi connectivity index (χ4n) is 2.59. The van der Waals surface area contributed by atoms with Crippen molar-refractivity contribution in [2.24, 2.45) is 0 Å². The largest absolute Gasteiger partial charge is 0.307 e.